The van der Waals surface area contributed by atoms with E-state index in [1.165, 1.54) is 5.56 Å². The van der Waals surface area contributed by atoms with Gasteiger partial charge in [0.2, 0.25) is 0 Å². The first-order valence-corrected chi connectivity index (χ1v) is 7.22. The van der Waals surface area contributed by atoms with Crippen molar-refractivity contribution in [2.24, 2.45) is 5.73 Å². The van der Waals surface area contributed by atoms with Crippen molar-refractivity contribution in [2.45, 2.75) is 6.54 Å². The van der Waals surface area contributed by atoms with Crippen LogP contribution in [0.15, 0.2) is 53.0 Å². The van der Waals surface area contributed by atoms with Gasteiger partial charge in [0.05, 0.1) is 11.6 Å². The van der Waals surface area contributed by atoms with Crippen LogP contribution in [0.5, 0.6) is 0 Å². The fourth-order valence-electron chi connectivity index (χ4n) is 2.08. The van der Waals surface area contributed by atoms with Crippen LogP contribution >= 0.6 is 15.9 Å². The summed E-state index contributed by atoms with van der Waals surface area (Å²) in [6.07, 6.45) is 0. The molecular weight excluding hydrogens is 314 g/mol. The van der Waals surface area contributed by atoms with Gasteiger partial charge in [-0.3, -0.25) is 0 Å². The number of nitrogens with zero attached hydrogens (tertiary/aromatic N) is 2. The third-order valence-corrected chi connectivity index (χ3v) is 3.45. The van der Waals surface area contributed by atoms with Crippen molar-refractivity contribution < 1.29 is 0 Å². The SMILES string of the molecule is N#Cc1cc(Br)cc(N(CCN)Cc2ccccc2)c1. The maximum absolute atomic E-state index is 9.07. The zero-order valence-electron chi connectivity index (χ0n) is 11.1. The van der Waals surface area contributed by atoms with Crippen LogP contribution < -0.4 is 10.6 Å². The van der Waals surface area contributed by atoms with Gasteiger partial charge in [-0.25, -0.2) is 0 Å². The molecule has 0 aliphatic rings. The third-order valence-electron chi connectivity index (χ3n) is 2.99. The van der Waals surface area contributed by atoms with E-state index in [1.54, 1.807) is 0 Å². The highest BCUT2D eigenvalue weighted by Gasteiger charge is 2.09. The summed E-state index contributed by atoms with van der Waals surface area (Å²) in [5.74, 6) is 0. The van der Waals surface area contributed by atoms with E-state index in [2.05, 4.69) is 39.0 Å². The van der Waals surface area contributed by atoms with Crippen LogP contribution in [-0.2, 0) is 6.54 Å². The Morgan fingerprint density at radius 3 is 2.55 bits per heavy atom. The van der Waals surface area contributed by atoms with Crippen molar-refractivity contribution in [3.63, 3.8) is 0 Å². The molecule has 2 rings (SSSR count). The van der Waals surface area contributed by atoms with Gasteiger partial charge in [-0.15, -0.1) is 0 Å². The Bertz CT molecular complexity index is 605. The molecule has 0 bridgehead atoms. The largest absolute Gasteiger partial charge is 0.366 e. The summed E-state index contributed by atoms with van der Waals surface area (Å²) < 4.78 is 0.904. The zero-order chi connectivity index (χ0) is 14.4. The minimum absolute atomic E-state index is 0.571. The normalized spacial score (nSPS) is 10.1. The summed E-state index contributed by atoms with van der Waals surface area (Å²) in [6.45, 7) is 2.09. The van der Waals surface area contributed by atoms with E-state index in [1.807, 2.05) is 36.4 Å². The molecule has 102 valence electrons. The summed E-state index contributed by atoms with van der Waals surface area (Å²) in [6, 6.07) is 18.1. The van der Waals surface area contributed by atoms with Crippen molar-refractivity contribution >= 4 is 21.6 Å². The first-order valence-electron chi connectivity index (χ1n) is 6.42. The molecule has 20 heavy (non-hydrogen) atoms. The fraction of sp³-hybridized carbons (Fsp3) is 0.188. The average molecular weight is 330 g/mol. The second-order valence-corrected chi connectivity index (χ2v) is 5.42. The molecule has 2 aromatic rings. The Balaban J connectivity index is 2.29. The summed E-state index contributed by atoms with van der Waals surface area (Å²) in [4.78, 5) is 2.18. The van der Waals surface area contributed by atoms with E-state index < -0.39 is 0 Å². The van der Waals surface area contributed by atoms with Crippen LogP contribution in [-0.4, -0.2) is 13.1 Å². The molecule has 0 aliphatic heterocycles. The molecular formula is C16H16BrN3. The van der Waals surface area contributed by atoms with Crippen molar-refractivity contribution in [3.8, 4) is 6.07 Å². The van der Waals surface area contributed by atoms with Gasteiger partial charge in [0.25, 0.3) is 0 Å². The van der Waals surface area contributed by atoms with E-state index in [4.69, 9.17) is 11.0 Å². The number of anilines is 1. The summed E-state index contributed by atoms with van der Waals surface area (Å²) in [5.41, 5.74) is 8.58. The average Bonchev–Trinajstić information content (AvgIpc) is 2.47. The molecule has 0 heterocycles. The first-order chi connectivity index (χ1) is 9.72. The smallest absolute Gasteiger partial charge is 0.0992 e. The lowest BCUT2D eigenvalue weighted by Crippen LogP contribution is -2.29. The quantitative estimate of drug-likeness (QED) is 0.915. The van der Waals surface area contributed by atoms with Crippen molar-refractivity contribution in [1.82, 2.24) is 0 Å². The molecule has 0 spiro atoms. The molecule has 0 radical (unpaired) electrons. The summed E-state index contributed by atoms with van der Waals surface area (Å²) in [5, 5.41) is 9.07. The molecule has 0 unspecified atom stereocenters. The third kappa shape index (κ3) is 3.83. The molecule has 0 saturated heterocycles. The van der Waals surface area contributed by atoms with Gasteiger partial charge in [-0.05, 0) is 23.8 Å². The number of rotatable bonds is 5. The van der Waals surface area contributed by atoms with Gasteiger partial charge < -0.3 is 10.6 Å². The van der Waals surface area contributed by atoms with E-state index in [0.717, 1.165) is 23.2 Å². The maximum Gasteiger partial charge on any atom is 0.0992 e. The lowest BCUT2D eigenvalue weighted by molar-refractivity contribution is 0.789. The van der Waals surface area contributed by atoms with Gasteiger partial charge in [-0.1, -0.05) is 46.3 Å². The van der Waals surface area contributed by atoms with Crippen molar-refractivity contribution in [3.05, 3.63) is 64.1 Å². The van der Waals surface area contributed by atoms with Gasteiger partial charge in [0, 0.05) is 29.8 Å². The van der Waals surface area contributed by atoms with E-state index >= 15 is 0 Å². The van der Waals surface area contributed by atoms with Crippen molar-refractivity contribution in [1.29, 1.82) is 5.26 Å². The molecule has 4 heteroatoms. The van der Waals surface area contributed by atoms with Gasteiger partial charge >= 0.3 is 0 Å². The standard InChI is InChI=1S/C16H16BrN3/c17-15-8-14(11-19)9-16(10-15)20(7-6-18)12-13-4-2-1-3-5-13/h1-5,8-10H,6-7,12,18H2. The van der Waals surface area contributed by atoms with Gasteiger partial charge in [0.1, 0.15) is 0 Å². The van der Waals surface area contributed by atoms with Crippen LogP contribution in [0.1, 0.15) is 11.1 Å². The molecule has 0 aliphatic carbocycles. The number of halogens is 1. The Morgan fingerprint density at radius 1 is 1.15 bits per heavy atom. The Kier molecular flexibility index (Phi) is 5.16. The molecule has 3 nitrogen and oxygen atoms in total. The number of hydrogen-bond acceptors (Lipinski definition) is 3. The summed E-state index contributed by atoms with van der Waals surface area (Å²) in [7, 11) is 0. The van der Waals surface area contributed by atoms with E-state index in [-0.39, 0.29) is 0 Å². The highest BCUT2D eigenvalue weighted by molar-refractivity contribution is 9.10. The minimum atomic E-state index is 0.571. The zero-order valence-corrected chi connectivity index (χ0v) is 12.7. The number of benzene rings is 2. The molecule has 2 N–H and O–H groups in total. The number of nitrogens with two attached hydrogens (primary N) is 1. The monoisotopic (exact) mass is 329 g/mol. The molecule has 0 amide bonds. The lowest BCUT2D eigenvalue weighted by Gasteiger charge is -2.25. The predicted molar refractivity (Wildman–Crippen MR) is 85.4 cm³/mol. The topological polar surface area (TPSA) is 53.0 Å². The first kappa shape index (κ1) is 14.6. The Hall–Kier alpha value is -1.83. The molecule has 0 saturated carbocycles. The van der Waals surface area contributed by atoms with E-state index in [9.17, 15) is 0 Å². The van der Waals surface area contributed by atoms with Gasteiger partial charge in [-0.2, -0.15) is 5.26 Å². The molecule has 2 aromatic carbocycles. The second-order valence-electron chi connectivity index (χ2n) is 4.51. The highest BCUT2D eigenvalue weighted by Crippen LogP contribution is 2.24. The van der Waals surface area contributed by atoms with Crippen LogP contribution in [0.4, 0.5) is 5.69 Å². The summed E-state index contributed by atoms with van der Waals surface area (Å²) >= 11 is 3.45. The number of hydrogen-bond donors (Lipinski definition) is 1. The Labute approximate surface area is 127 Å². The molecule has 0 aromatic heterocycles. The fourth-order valence-corrected chi connectivity index (χ4v) is 2.56. The molecule has 0 fully saturated rings. The highest BCUT2D eigenvalue weighted by atomic mass is 79.9. The minimum Gasteiger partial charge on any atom is -0.366 e. The lowest BCUT2D eigenvalue weighted by atomic mass is 10.1. The van der Waals surface area contributed by atoms with Crippen LogP contribution in [0.2, 0.25) is 0 Å². The second kappa shape index (κ2) is 7.09. The van der Waals surface area contributed by atoms with Crippen LogP contribution in [0.3, 0.4) is 0 Å². The van der Waals surface area contributed by atoms with Gasteiger partial charge in [0.15, 0.2) is 0 Å². The van der Waals surface area contributed by atoms with E-state index in [0.29, 0.717) is 12.1 Å². The van der Waals surface area contributed by atoms with Crippen LogP contribution in [0.25, 0.3) is 0 Å². The van der Waals surface area contributed by atoms with Crippen LogP contribution in [0, 0.1) is 11.3 Å². The number of nitriles is 1. The predicted octanol–water partition coefficient (Wildman–Crippen LogP) is 3.29. The van der Waals surface area contributed by atoms with Crippen molar-refractivity contribution in [2.75, 3.05) is 18.0 Å². The maximum atomic E-state index is 9.07. The molecule has 0 atom stereocenters. The Morgan fingerprint density at radius 2 is 1.90 bits per heavy atom.